The van der Waals surface area contributed by atoms with Gasteiger partial charge in [0.2, 0.25) is 5.91 Å². The number of carbonyl (C=O) groups is 1. The van der Waals surface area contributed by atoms with Gasteiger partial charge in [-0.25, -0.2) is 0 Å². The van der Waals surface area contributed by atoms with Crippen LogP contribution in [0.4, 0.5) is 5.69 Å². The van der Waals surface area contributed by atoms with Crippen molar-refractivity contribution in [2.45, 2.75) is 32.0 Å². The average molecular weight is 465 g/mol. The maximum Gasteiger partial charge on any atom is 0.234 e. The molecule has 30 heavy (non-hydrogen) atoms. The zero-order valence-corrected chi connectivity index (χ0v) is 19.4. The molecule has 2 aromatic carbocycles. The Hall–Kier alpha value is -2.22. The number of aromatic nitrogens is 3. The highest BCUT2D eigenvalue weighted by Crippen LogP contribution is 2.27. The zero-order valence-electron chi connectivity index (χ0n) is 17.1. The molecule has 1 unspecified atom stereocenters. The lowest BCUT2D eigenvalue weighted by Crippen LogP contribution is -2.15. The van der Waals surface area contributed by atoms with Gasteiger partial charge < -0.3 is 14.6 Å². The summed E-state index contributed by atoms with van der Waals surface area (Å²) in [5, 5.41) is 12.7. The summed E-state index contributed by atoms with van der Waals surface area (Å²) in [7, 11) is 1.85. The third-order valence-corrected chi connectivity index (χ3v) is 5.86. The smallest absolute Gasteiger partial charge is 0.234 e. The van der Waals surface area contributed by atoms with E-state index in [0.29, 0.717) is 26.7 Å². The summed E-state index contributed by atoms with van der Waals surface area (Å²) < 4.78 is 7.88. The molecule has 1 amide bonds. The number of nitrogens with zero attached hydrogens (tertiary/aromatic N) is 3. The number of thioether (sulfide) groups is 1. The lowest BCUT2D eigenvalue weighted by atomic mass is 10.1. The average Bonchev–Trinajstić information content (AvgIpc) is 3.03. The van der Waals surface area contributed by atoms with Crippen molar-refractivity contribution in [1.82, 2.24) is 14.8 Å². The van der Waals surface area contributed by atoms with Crippen molar-refractivity contribution in [3.8, 4) is 5.75 Å². The van der Waals surface area contributed by atoms with Gasteiger partial charge in [-0.2, -0.15) is 0 Å². The minimum Gasteiger partial charge on any atom is -0.483 e. The molecule has 158 valence electrons. The molecule has 6 nitrogen and oxygen atoms in total. The molecular formula is C21H22Cl2N4O2S. The molecule has 0 aliphatic heterocycles. The van der Waals surface area contributed by atoms with E-state index < -0.39 is 0 Å². The number of anilines is 1. The van der Waals surface area contributed by atoms with Gasteiger partial charge >= 0.3 is 0 Å². The maximum atomic E-state index is 12.3. The van der Waals surface area contributed by atoms with Gasteiger partial charge in [-0.3, -0.25) is 4.79 Å². The van der Waals surface area contributed by atoms with Crippen molar-refractivity contribution in [2.24, 2.45) is 7.05 Å². The summed E-state index contributed by atoms with van der Waals surface area (Å²) in [6.07, 6.45) is -0.294. The van der Waals surface area contributed by atoms with E-state index in [4.69, 9.17) is 27.9 Å². The Morgan fingerprint density at radius 1 is 1.17 bits per heavy atom. The van der Waals surface area contributed by atoms with E-state index in [1.807, 2.05) is 44.5 Å². The van der Waals surface area contributed by atoms with Crippen molar-refractivity contribution in [3.63, 3.8) is 0 Å². The fourth-order valence-corrected chi connectivity index (χ4v) is 4.03. The summed E-state index contributed by atoms with van der Waals surface area (Å²) in [5.41, 5.74) is 2.75. The van der Waals surface area contributed by atoms with Gasteiger partial charge in [-0.15, -0.1) is 10.2 Å². The number of ether oxygens (including phenoxy) is 1. The van der Waals surface area contributed by atoms with E-state index in [9.17, 15) is 4.79 Å². The lowest BCUT2D eigenvalue weighted by Gasteiger charge is -2.15. The SMILES string of the molecule is Cc1cc(C)cc(OC(C)c2nnc(SCC(=O)Nc3cc(Cl)ccc3Cl)n2C)c1. The molecule has 1 heterocycles. The van der Waals surface area contributed by atoms with E-state index in [-0.39, 0.29) is 17.8 Å². The molecule has 1 aromatic heterocycles. The first-order valence-electron chi connectivity index (χ1n) is 9.25. The van der Waals surface area contributed by atoms with Crippen molar-refractivity contribution in [2.75, 3.05) is 11.1 Å². The molecule has 0 saturated carbocycles. The number of hydrogen-bond donors (Lipinski definition) is 1. The highest BCUT2D eigenvalue weighted by Gasteiger charge is 2.18. The van der Waals surface area contributed by atoms with Crippen molar-refractivity contribution >= 4 is 46.6 Å². The Morgan fingerprint density at radius 2 is 1.87 bits per heavy atom. The van der Waals surface area contributed by atoms with E-state index in [2.05, 4.69) is 21.6 Å². The fraction of sp³-hybridized carbons (Fsp3) is 0.286. The summed E-state index contributed by atoms with van der Waals surface area (Å²) in [4.78, 5) is 12.3. The van der Waals surface area contributed by atoms with Crippen LogP contribution < -0.4 is 10.1 Å². The number of aryl methyl sites for hydroxylation is 2. The number of benzene rings is 2. The number of amides is 1. The maximum absolute atomic E-state index is 12.3. The van der Waals surface area contributed by atoms with Crippen LogP contribution in [0.1, 0.15) is 30.0 Å². The Labute approximate surface area is 189 Å². The summed E-state index contributed by atoms with van der Waals surface area (Å²) >= 11 is 13.3. The van der Waals surface area contributed by atoms with Crippen LogP contribution in [0.5, 0.6) is 5.75 Å². The molecule has 1 atom stereocenters. The van der Waals surface area contributed by atoms with Crippen molar-refractivity contribution in [3.05, 3.63) is 63.4 Å². The number of rotatable bonds is 7. The Kier molecular flexibility index (Phi) is 7.28. The molecule has 0 radical (unpaired) electrons. The zero-order chi connectivity index (χ0) is 21.8. The lowest BCUT2D eigenvalue weighted by molar-refractivity contribution is -0.113. The number of halogens is 2. The molecule has 0 spiro atoms. The molecule has 3 rings (SSSR count). The largest absolute Gasteiger partial charge is 0.483 e. The van der Waals surface area contributed by atoms with Crippen molar-refractivity contribution < 1.29 is 9.53 Å². The third-order valence-electron chi connectivity index (χ3n) is 4.28. The van der Waals surface area contributed by atoms with Gasteiger partial charge in [-0.05, 0) is 62.2 Å². The molecule has 3 aromatic rings. The van der Waals surface area contributed by atoms with Gasteiger partial charge in [0.25, 0.3) is 0 Å². The van der Waals surface area contributed by atoms with Crippen LogP contribution in [-0.2, 0) is 11.8 Å². The molecule has 0 saturated heterocycles. The van der Waals surface area contributed by atoms with E-state index in [1.165, 1.54) is 11.8 Å². The minimum absolute atomic E-state index is 0.154. The van der Waals surface area contributed by atoms with E-state index >= 15 is 0 Å². The molecule has 0 fully saturated rings. The number of carbonyl (C=O) groups excluding carboxylic acids is 1. The molecule has 0 bridgehead atoms. The van der Waals surface area contributed by atoms with Gasteiger partial charge in [-0.1, -0.05) is 41.0 Å². The van der Waals surface area contributed by atoms with Gasteiger partial charge in [0.15, 0.2) is 17.1 Å². The van der Waals surface area contributed by atoms with Crippen LogP contribution in [0.15, 0.2) is 41.6 Å². The molecule has 1 N–H and O–H groups in total. The number of nitrogens with one attached hydrogen (secondary N) is 1. The molecule has 9 heteroatoms. The Morgan fingerprint density at radius 3 is 2.57 bits per heavy atom. The van der Waals surface area contributed by atoms with Crippen LogP contribution in [-0.4, -0.2) is 26.4 Å². The monoisotopic (exact) mass is 464 g/mol. The quantitative estimate of drug-likeness (QED) is 0.460. The highest BCUT2D eigenvalue weighted by atomic mass is 35.5. The Balaban J connectivity index is 1.62. The van der Waals surface area contributed by atoms with Gasteiger partial charge in [0.05, 0.1) is 16.5 Å². The second-order valence-electron chi connectivity index (χ2n) is 6.94. The van der Waals surface area contributed by atoms with Gasteiger partial charge in [0, 0.05) is 12.1 Å². The van der Waals surface area contributed by atoms with E-state index in [1.54, 1.807) is 18.2 Å². The normalized spacial score (nSPS) is 11.9. The number of hydrogen-bond acceptors (Lipinski definition) is 5. The summed E-state index contributed by atoms with van der Waals surface area (Å²) in [6.45, 7) is 5.98. The van der Waals surface area contributed by atoms with Crippen LogP contribution in [0, 0.1) is 13.8 Å². The first kappa shape index (κ1) is 22.5. The topological polar surface area (TPSA) is 69.0 Å². The third kappa shape index (κ3) is 5.68. The second kappa shape index (κ2) is 9.73. The summed E-state index contributed by atoms with van der Waals surface area (Å²) in [6, 6.07) is 11.0. The van der Waals surface area contributed by atoms with Crippen LogP contribution >= 0.6 is 35.0 Å². The van der Waals surface area contributed by atoms with Gasteiger partial charge in [0.1, 0.15) is 5.75 Å². The molecule has 0 aliphatic carbocycles. The predicted octanol–water partition coefficient (Wildman–Crippen LogP) is 5.61. The highest BCUT2D eigenvalue weighted by molar-refractivity contribution is 7.99. The Bertz CT molecular complexity index is 1050. The minimum atomic E-state index is -0.294. The first-order valence-corrected chi connectivity index (χ1v) is 11.0. The fourth-order valence-electron chi connectivity index (χ4n) is 2.97. The second-order valence-corrected chi connectivity index (χ2v) is 8.73. The standard InChI is InChI=1S/C21H22Cl2N4O2S/c1-12-7-13(2)9-16(8-12)29-14(3)20-25-26-21(27(20)4)30-11-19(28)24-18-10-15(22)5-6-17(18)23/h5-10,14H,11H2,1-4H3,(H,24,28). The molecular weight excluding hydrogens is 443 g/mol. The first-order chi connectivity index (χ1) is 14.2. The van der Waals surface area contributed by atoms with Crippen LogP contribution in [0.2, 0.25) is 10.0 Å². The van der Waals surface area contributed by atoms with Crippen LogP contribution in [0.3, 0.4) is 0 Å². The van der Waals surface area contributed by atoms with Crippen LogP contribution in [0.25, 0.3) is 0 Å². The molecule has 0 aliphatic rings. The van der Waals surface area contributed by atoms with E-state index in [0.717, 1.165) is 16.9 Å². The van der Waals surface area contributed by atoms with Crippen molar-refractivity contribution in [1.29, 1.82) is 0 Å². The predicted molar refractivity (Wildman–Crippen MR) is 122 cm³/mol. The summed E-state index contributed by atoms with van der Waals surface area (Å²) in [5.74, 6) is 1.40.